The number of benzene rings is 1. The molecular weight excluding hydrogens is 389 g/mol. The van der Waals surface area contributed by atoms with Crippen molar-refractivity contribution in [3.05, 3.63) is 34.2 Å². The average molecular weight is 415 g/mol. The Bertz CT molecular complexity index is 1070. The maximum absolute atomic E-state index is 14.3. The van der Waals surface area contributed by atoms with Crippen LogP contribution in [0.5, 0.6) is 0 Å². The number of carbonyl (C=O) groups is 2. The number of para-hydroxylation sites is 1. The molecule has 2 aromatic rings. The van der Waals surface area contributed by atoms with Crippen LogP contribution in [0.25, 0.3) is 11.0 Å². The van der Waals surface area contributed by atoms with Gasteiger partial charge in [-0.2, -0.15) is 0 Å². The molecule has 8 nitrogen and oxygen atoms in total. The van der Waals surface area contributed by atoms with Crippen molar-refractivity contribution in [2.75, 3.05) is 26.2 Å². The van der Waals surface area contributed by atoms with Crippen LogP contribution in [0, 0.1) is 0 Å². The molecule has 0 saturated carbocycles. The minimum absolute atomic E-state index is 0.0430. The van der Waals surface area contributed by atoms with Gasteiger partial charge in [0, 0.05) is 45.1 Å². The number of halogens is 1. The number of hydrogen-bond donors (Lipinski definition) is 2. The highest BCUT2D eigenvalue weighted by Gasteiger charge is 2.39. The van der Waals surface area contributed by atoms with Crippen molar-refractivity contribution in [1.82, 2.24) is 24.7 Å². The molecule has 4 heterocycles. The average Bonchev–Trinajstić information content (AvgIpc) is 2.94. The van der Waals surface area contributed by atoms with E-state index in [9.17, 15) is 18.8 Å². The molecule has 3 aliphatic heterocycles. The number of alkyl halides is 1. The van der Waals surface area contributed by atoms with Gasteiger partial charge in [0.25, 0.3) is 0 Å². The van der Waals surface area contributed by atoms with E-state index in [0.717, 1.165) is 37.1 Å². The molecule has 0 aliphatic carbocycles. The number of nitrogens with one attached hydrogen (secondary N) is 2. The van der Waals surface area contributed by atoms with Crippen molar-refractivity contribution in [2.45, 2.75) is 43.4 Å². The van der Waals surface area contributed by atoms with Gasteiger partial charge in [-0.1, -0.05) is 12.1 Å². The Hall–Kier alpha value is -2.52. The molecular formula is C21H26FN5O3. The molecule has 0 spiro atoms. The number of likely N-dealkylation sites (tertiary alicyclic amines) is 1. The Kier molecular flexibility index (Phi) is 4.74. The van der Waals surface area contributed by atoms with Gasteiger partial charge in [-0.05, 0) is 31.0 Å². The molecule has 3 aliphatic rings. The summed E-state index contributed by atoms with van der Waals surface area (Å²) < 4.78 is 17.4. The number of hydrogen-bond acceptors (Lipinski definition) is 5. The standard InChI is InChI=1S/C21H26FN5O3/c1-25-19-13(12-10-26(11-12)15-7-8-23-9-14(15)22)3-2-4-16(19)27(21(25)30)17-5-6-18(28)24-20(17)29/h2-4,12,14-15,17,23H,5-11H2,1H3,(H,24,28,29)/t14-,15-,17?/m0/s1. The van der Waals surface area contributed by atoms with Gasteiger partial charge in [0.1, 0.15) is 12.2 Å². The summed E-state index contributed by atoms with van der Waals surface area (Å²) in [4.78, 5) is 39.2. The van der Waals surface area contributed by atoms with E-state index in [0.29, 0.717) is 18.5 Å². The minimum atomic E-state index is -0.853. The molecule has 160 valence electrons. The van der Waals surface area contributed by atoms with Crippen LogP contribution in [0.1, 0.15) is 36.8 Å². The molecule has 3 fully saturated rings. The number of piperidine rings is 2. The number of imidazole rings is 1. The van der Waals surface area contributed by atoms with Crippen molar-refractivity contribution in [3.63, 3.8) is 0 Å². The van der Waals surface area contributed by atoms with Crippen molar-refractivity contribution >= 4 is 22.8 Å². The van der Waals surface area contributed by atoms with E-state index in [-0.39, 0.29) is 30.0 Å². The van der Waals surface area contributed by atoms with E-state index in [2.05, 4.69) is 15.5 Å². The molecule has 1 unspecified atom stereocenters. The SMILES string of the molecule is Cn1c(=O)n(C2CCC(=O)NC2=O)c2cccc(C3CN([C@H]4CCNC[C@@H]4F)C3)c21. The highest BCUT2D eigenvalue weighted by atomic mass is 19.1. The number of aryl methyl sites for hydroxylation is 1. The fourth-order valence-corrected chi connectivity index (χ4v) is 5.23. The summed E-state index contributed by atoms with van der Waals surface area (Å²) in [5.74, 6) is -0.510. The number of imide groups is 1. The maximum atomic E-state index is 14.3. The van der Waals surface area contributed by atoms with E-state index in [1.165, 1.54) is 4.57 Å². The van der Waals surface area contributed by atoms with Crippen LogP contribution >= 0.6 is 0 Å². The number of carbonyl (C=O) groups excluding carboxylic acids is 2. The first-order valence-corrected chi connectivity index (χ1v) is 10.6. The van der Waals surface area contributed by atoms with Gasteiger partial charge in [0.2, 0.25) is 11.8 Å². The number of fused-ring (bicyclic) bond motifs is 1. The Morgan fingerprint density at radius 1 is 1.13 bits per heavy atom. The van der Waals surface area contributed by atoms with Crippen LogP contribution in [-0.4, -0.2) is 64.2 Å². The monoisotopic (exact) mass is 415 g/mol. The van der Waals surface area contributed by atoms with E-state index < -0.39 is 18.1 Å². The lowest BCUT2D eigenvalue weighted by molar-refractivity contribution is -0.135. The Balaban J connectivity index is 1.46. The molecule has 3 atom stereocenters. The molecule has 1 aromatic carbocycles. The second-order valence-electron chi connectivity index (χ2n) is 8.62. The quantitative estimate of drug-likeness (QED) is 0.710. The number of amides is 2. The predicted molar refractivity (Wildman–Crippen MR) is 109 cm³/mol. The molecule has 0 bridgehead atoms. The third-order valence-corrected chi connectivity index (χ3v) is 6.85. The third-order valence-electron chi connectivity index (χ3n) is 6.85. The zero-order chi connectivity index (χ0) is 21.0. The smallest absolute Gasteiger partial charge is 0.314 e. The molecule has 2 N–H and O–H groups in total. The minimum Gasteiger partial charge on any atom is -0.314 e. The summed E-state index contributed by atoms with van der Waals surface area (Å²) in [6, 6.07) is 5.05. The largest absolute Gasteiger partial charge is 0.329 e. The lowest BCUT2D eigenvalue weighted by Gasteiger charge is -2.47. The molecule has 1 aromatic heterocycles. The second kappa shape index (κ2) is 7.31. The Labute approximate surface area is 173 Å². The van der Waals surface area contributed by atoms with E-state index in [4.69, 9.17) is 0 Å². The normalized spacial score (nSPS) is 28.5. The summed E-state index contributed by atoms with van der Waals surface area (Å²) in [5, 5.41) is 5.43. The predicted octanol–water partition coefficient (Wildman–Crippen LogP) is 0.417. The van der Waals surface area contributed by atoms with Crippen molar-refractivity contribution in [2.24, 2.45) is 7.05 Å². The third kappa shape index (κ3) is 2.99. The van der Waals surface area contributed by atoms with Crippen molar-refractivity contribution in [1.29, 1.82) is 0 Å². The summed E-state index contributed by atoms with van der Waals surface area (Å²) in [6.45, 7) is 2.78. The maximum Gasteiger partial charge on any atom is 0.329 e. The number of nitrogens with zero attached hydrogens (tertiary/aromatic N) is 3. The second-order valence-corrected chi connectivity index (χ2v) is 8.62. The van der Waals surface area contributed by atoms with Gasteiger partial charge in [-0.15, -0.1) is 0 Å². The molecule has 0 radical (unpaired) electrons. The summed E-state index contributed by atoms with van der Waals surface area (Å²) in [7, 11) is 1.72. The van der Waals surface area contributed by atoms with Gasteiger partial charge < -0.3 is 5.32 Å². The van der Waals surface area contributed by atoms with E-state index in [1.54, 1.807) is 11.6 Å². The lowest BCUT2D eigenvalue weighted by Crippen LogP contribution is -2.58. The van der Waals surface area contributed by atoms with Gasteiger partial charge in [-0.25, -0.2) is 9.18 Å². The van der Waals surface area contributed by atoms with Crippen LogP contribution in [0.15, 0.2) is 23.0 Å². The van der Waals surface area contributed by atoms with Crippen LogP contribution < -0.4 is 16.3 Å². The molecule has 5 rings (SSSR count). The van der Waals surface area contributed by atoms with Gasteiger partial charge in [0.15, 0.2) is 0 Å². The number of aromatic nitrogens is 2. The first kappa shape index (κ1) is 19.4. The Morgan fingerprint density at radius 3 is 2.67 bits per heavy atom. The van der Waals surface area contributed by atoms with Crippen LogP contribution in [0.3, 0.4) is 0 Å². The topological polar surface area (TPSA) is 88.4 Å². The molecule has 2 amide bonds. The highest BCUT2D eigenvalue weighted by molar-refractivity contribution is 6.00. The van der Waals surface area contributed by atoms with Gasteiger partial charge in [0.05, 0.1) is 11.0 Å². The first-order chi connectivity index (χ1) is 14.5. The van der Waals surface area contributed by atoms with Crippen LogP contribution in [-0.2, 0) is 16.6 Å². The van der Waals surface area contributed by atoms with Gasteiger partial charge >= 0.3 is 5.69 Å². The fraction of sp³-hybridized carbons (Fsp3) is 0.571. The van der Waals surface area contributed by atoms with Crippen molar-refractivity contribution < 1.29 is 14.0 Å². The van der Waals surface area contributed by atoms with E-state index >= 15 is 0 Å². The zero-order valence-corrected chi connectivity index (χ0v) is 16.9. The zero-order valence-electron chi connectivity index (χ0n) is 16.9. The van der Waals surface area contributed by atoms with E-state index in [1.807, 2.05) is 18.2 Å². The number of rotatable bonds is 3. The molecule has 9 heteroatoms. The Morgan fingerprint density at radius 2 is 1.93 bits per heavy atom. The fourth-order valence-electron chi connectivity index (χ4n) is 5.23. The van der Waals surface area contributed by atoms with Crippen molar-refractivity contribution in [3.8, 4) is 0 Å². The van der Waals surface area contributed by atoms with Crippen LogP contribution in [0.2, 0.25) is 0 Å². The lowest BCUT2D eigenvalue weighted by atomic mass is 9.87. The molecule has 30 heavy (non-hydrogen) atoms. The summed E-state index contributed by atoms with van der Waals surface area (Å²) in [6.07, 6.45) is 0.492. The highest BCUT2D eigenvalue weighted by Crippen LogP contribution is 2.36. The van der Waals surface area contributed by atoms with Gasteiger partial charge in [-0.3, -0.25) is 28.9 Å². The molecule has 3 saturated heterocycles. The summed E-state index contributed by atoms with van der Waals surface area (Å²) >= 11 is 0. The van der Waals surface area contributed by atoms with Crippen LogP contribution in [0.4, 0.5) is 4.39 Å². The first-order valence-electron chi connectivity index (χ1n) is 10.6. The summed E-state index contributed by atoms with van der Waals surface area (Å²) in [5.41, 5.74) is 2.32.